The minimum absolute atomic E-state index is 0.428. The van der Waals surface area contributed by atoms with E-state index in [9.17, 15) is 8.78 Å². The van der Waals surface area contributed by atoms with E-state index in [1.54, 1.807) is 6.20 Å². The van der Waals surface area contributed by atoms with E-state index in [2.05, 4.69) is 20.9 Å². The molecule has 0 saturated carbocycles. The van der Waals surface area contributed by atoms with Crippen LogP contribution in [0.15, 0.2) is 41.0 Å². The Balaban J connectivity index is 2.23. The fourth-order valence-corrected chi connectivity index (χ4v) is 2.33. The van der Waals surface area contributed by atoms with Crippen LogP contribution in [0.1, 0.15) is 5.69 Å². The number of hydrogen-bond acceptors (Lipinski definition) is 1. The summed E-state index contributed by atoms with van der Waals surface area (Å²) in [7, 11) is 0. The molecule has 0 atom stereocenters. The highest BCUT2D eigenvalue weighted by Crippen LogP contribution is 2.24. The van der Waals surface area contributed by atoms with E-state index >= 15 is 0 Å². The standard InChI is InChI=1S/C14H9BrF2N2/c1-8-12(15)2-3-14-18-13(7-19(8)14)9-4-10(16)6-11(17)5-9/h2-7H,1H3. The number of fused-ring (bicyclic) bond motifs is 1. The number of benzene rings is 1. The van der Waals surface area contributed by atoms with Crippen LogP contribution in [-0.2, 0) is 0 Å². The number of rotatable bonds is 1. The number of aromatic nitrogens is 2. The largest absolute Gasteiger partial charge is 0.303 e. The van der Waals surface area contributed by atoms with Gasteiger partial charge < -0.3 is 4.40 Å². The summed E-state index contributed by atoms with van der Waals surface area (Å²) in [6.45, 7) is 1.94. The Kier molecular flexibility index (Phi) is 2.86. The van der Waals surface area contributed by atoms with E-state index in [-0.39, 0.29) is 0 Å². The number of imidazole rings is 1. The molecule has 2 nitrogen and oxygen atoms in total. The first kappa shape index (κ1) is 12.3. The van der Waals surface area contributed by atoms with Crippen molar-refractivity contribution in [2.24, 2.45) is 0 Å². The van der Waals surface area contributed by atoms with Crippen molar-refractivity contribution in [1.29, 1.82) is 0 Å². The Morgan fingerprint density at radius 1 is 1.11 bits per heavy atom. The highest BCUT2D eigenvalue weighted by molar-refractivity contribution is 9.10. The number of aryl methyl sites for hydroxylation is 1. The molecule has 0 spiro atoms. The van der Waals surface area contributed by atoms with Gasteiger partial charge in [-0.25, -0.2) is 13.8 Å². The predicted molar refractivity (Wildman–Crippen MR) is 73.0 cm³/mol. The van der Waals surface area contributed by atoms with Gasteiger partial charge in [-0.1, -0.05) is 0 Å². The van der Waals surface area contributed by atoms with Crippen molar-refractivity contribution in [3.63, 3.8) is 0 Å². The van der Waals surface area contributed by atoms with Gasteiger partial charge in [-0.05, 0) is 47.1 Å². The fourth-order valence-electron chi connectivity index (χ4n) is 2.00. The van der Waals surface area contributed by atoms with Crippen LogP contribution in [0.2, 0.25) is 0 Å². The zero-order chi connectivity index (χ0) is 13.6. The SMILES string of the molecule is Cc1c(Br)ccc2nc(-c3cc(F)cc(F)c3)cn12. The van der Waals surface area contributed by atoms with E-state index in [0.717, 1.165) is 21.9 Å². The molecule has 0 amide bonds. The van der Waals surface area contributed by atoms with E-state index in [1.165, 1.54) is 12.1 Å². The fraction of sp³-hybridized carbons (Fsp3) is 0.0714. The van der Waals surface area contributed by atoms with Crippen LogP contribution in [0, 0.1) is 18.6 Å². The van der Waals surface area contributed by atoms with Crippen molar-refractivity contribution < 1.29 is 8.78 Å². The third-order valence-corrected chi connectivity index (χ3v) is 3.82. The summed E-state index contributed by atoms with van der Waals surface area (Å²) in [6.07, 6.45) is 1.77. The predicted octanol–water partition coefficient (Wildman–Crippen LogP) is 4.35. The number of halogens is 3. The summed E-state index contributed by atoms with van der Waals surface area (Å²) in [6, 6.07) is 7.13. The van der Waals surface area contributed by atoms with Gasteiger partial charge in [0.25, 0.3) is 0 Å². The molecule has 0 unspecified atom stereocenters. The molecule has 0 saturated heterocycles. The third kappa shape index (κ3) is 2.14. The number of nitrogens with zero attached hydrogens (tertiary/aromatic N) is 2. The van der Waals surface area contributed by atoms with Crippen molar-refractivity contribution in [2.45, 2.75) is 6.92 Å². The molecule has 5 heteroatoms. The lowest BCUT2D eigenvalue weighted by molar-refractivity contribution is 0.584. The molecule has 1 aromatic carbocycles. The highest BCUT2D eigenvalue weighted by Gasteiger charge is 2.09. The van der Waals surface area contributed by atoms with Gasteiger partial charge in [0, 0.05) is 28.0 Å². The lowest BCUT2D eigenvalue weighted by Gasteiger charge is -2.00. The molecule has 0 N–H and O–H groups in total. The van der Waals surface area contributed by atoms with Crippen molar-refractivity contribution in [1.82, 2.24) is 9.38 Å². The summed E-state index contributed by atoms with van der Waals surface area (Å²) >= 11 is 3.44. The van der Waals surface area contributed by atoms with E-state index in [1.807, 2.05) is 23.5 Å². The van der Waals surface area contributed by atoms with E-state index in [0.29, 0.717) is 11.3 Å². The molecule has 19 heavy (non-hydrogen) atoms. The summed E-state index contributed by atoms with van der Waals surface area (Å²) in [5, 5.41) is 0. The molecule has 96 valence electrons. The maximum Gasteiger partial charge on any atom is 0.137 e. The quantitative estimate of drug-likeness (QED) is 0.651. The van der Waals surface area contributed by atoms with Crippen LogP contribution in [-0.4, -0.2) is 9.38 Å². The molecular weight excluding hydrogens is 314 g/mol. The van der Waals surface area contributed by atoms with Gasteiger partial charge in [-0.3, -0.25) is 0 Å². The van der Waals surface area contributed by atoms with Crippen molar-refractivity contribution in [2.75, 3.05) is 0 Å². The normalized spacial score (nSPS) is 11.2. The Morgan fingerprint density at radius 3 is 2.47 bits per heavy atom. The number of pyridine rings is 1. The highest BCUT2D eigenvalue weighted by atomic mass is 79.9. The Morgan fingerprint density at radius 2 is 1.79 bits per heavy atom. The minimum Gasteiger partial charge on any atom is -0.303 e. The van der Waals surface area contributed by atoms with Gasteiger partial charge in [0.15, 0.2) is 0 Å². The molecule has 2 aromatic heterocycles. The zero-order valence-corrected chi connectivity index (χ0v) is 11.6. The molecule has 0 radical (unpaired) electrons. The molecule has 0 aliphatic rings. The molecule has 0 fully saturated rings. The second-order valence-electron chi connectivity index (χ2n) is 4.28. The van der Waals surface area contributed by atoms with Crippen LogP contribution in [0.3, 0.4) is 0 Å². The van der Waals surface area contributed by atoms with Gasteiger partial charge in [-0.15, -0.1) is 0 Å². The first-order chi connectivity index (χ1) is 9.04. The van der Waals surface area contributed by atoms with Crippen molar-refractivity contribution in [3.8, 4) is 11.3 Å². The smallest absolute Gasteiger partial charge is 0.137 e. The first-order valence-corrected chi connectivity index (χ1v) is 6.44. The molecule has 0 aliphatic heterocycles. The third-order valence-electron chi connectivity index (χ3n) is 2.98. The van der Waals surface area contributed by atoms with Gasteiger partial charge in [0.2, 0.25) is 0 Å². The van der Waals surface area contributed by atoms with Crippen molar-refractivity contribution in [3.05, 3.63) is 58.3 Å². The first-order valence-electron chi connectivity index (χ1n) is 5.65. The van der Waals surface area contributed by atoms with Gasteiger partial charge in [0.05, 0.1) is 5.69 Å². The van der Waals surface area contributed by atoms with Crippen LogP contribution < -0.4 is 0 Å². The van der Waals surface area contributed by atoms with Crippen LogP contribution >= 0.6 is 15.9 Å². The van der Waals surface area contributed by atoms with Crippen LogP contribution in [0.5, 0.6) is 0 Å². The van der Waals surface area contributed by atoms with Gasteiger partial charge in [0.1, 0.15) is 17.3 Å². The Labute approximate surface area is 116 Å². The summed E-state index contributed by atoms with van der Waals surface area (Å²) in [5.74, 6) is -1.21. The molecule has 3 aromatic rings. The average Bonchev–Trinajstić information content (AvgIpc) is 2.77. The minimum atomic E-state index is -0.607. The van der Waals surface area contributed by atoms with Gasteiger partial charge in [-0.2, -0.15) is 0 Å². The Bertz CT molecular complexity index is 760. The molecular formula is C14H9BrF2N2. The lowest BCUT2D eigenvalue weighted by atomic mass is 10.1. The van der Waals surface area contributed by atoms with E-state index in [4.69, 9.17) is 0 Å². The maximum atomic E-state index is 13.2. The average molecular weight is 323 g/mol. The monoisotopic (exact) mass is 322 g/mol. The summed E-state index contributed by atoms with van der Waals surface area (Å²) in [5.41, 5.74) is 2.69. The second-order valence-corrected chi connectivity index (χ2v) is 5.13. The zero-order valence-electron chi connectivity index (χ0n) is 9.99. The lowest BCUT2D eigenvalue weighted by Crippen LogP contribution is -1.89. The van der Waals surface area contributed by atoms with Crippen LogP contribution in [0.4, 0.5) is 8.78 Å². The molecule has 0 aliphatic carbocycles. The second kappa shape index (κ2) is 4.42. The molecule has 2 heterocycles. The topological polar surface area (TPSA) is 17.3 Å². The Hall–Kier alpha value is -1.75. The van der Waals surface area contributed by atoms with Crippen LogP contribution in [0.25, 0.3) is 16.9 Å². The summed E-state index contributed by atoms with van der Waals surface area (Å²) in [4.78, 5) is 4.38. The maximum absolute atomic E-state index is 13.2. The number of hydrogen-bond donors (Lipinski definition) is 0. The summed E-state index contributed by atoms with van der Waals surface area (Å²) < 4.78 is 29.3. The molecule has 0 bridgehead atoms. The van der Waals surface area contributed by atoms with Crippen molar-refractivity contribution >= 4 is 21.6 Å². The van der Waals surface area contributed by atoms with E-state index < -0.39 is 11.6 Å². The van der Waals surface area contributed by atoms with Gasteiger partial charge >= 0.3 is 0 Å². The molecule has 3 rings (SSSR count).